The number of H-pyrrole nitrogens is 1. The molecule has 2 heterocycles. The van der Waals surface area contributed by atoms with Crippen molar-refractivity contribution in [3.63, 3.8) is 0 Å². The van der Waals surface area contributed by atoms with Crippen LogP contribution in [0.2, 0.25) is 0 Å². The van der Waals surface area contributed by atoms with Gasteiger partial charge in [0.05, 0.1) is 27.4 Å². The van der Waals surface area contributed by atoms with E-state index in [0.29, 0.717) is 23.8 Å². The van der Waals surface area contributed by atoms with Crippen LogP contribution in [0.1, 0.15) is 29.8 Å². The Morgan fingerprint density at radius 2 is 1.80 bits per heavy atom. The number of benzene rings is 2. The Labute approximate surface area is 176 Å². The Hall–Kier alpha value is -3.41. The van der Waals surface area contributed by atoms with Gasteiger partial charge < -0.3 is 24.1 Å². The van der Waals surface area contributed by atoms with Gasteiger partial charge in [0.1, 0.15) is 0 Å². The minimum atomic E-state index is -0.0273. The fraction of sp³-hybridized carbons (Fsp3) is 0.292. The number of ether oxygens (including phenoxy) is 3. The van der Waals surface area contributed by atoms with Crippen molar-refractivity contribution in [2.24, 2.45) is 0 Å². The first-order valence-electron chi connectivity index (χ1n) is 9.95. The van der Waals surface area contributed by atoms with Crippen molar-refractivity contribution in [3.05, 3.63) is 59.3 Å². The van der Waals surface area contributed by atoms with Crippen LogP contribution < -0.4 is 14.2 Å². The van der Waals surface area contributed by atoms with Gasteiger partial charge in [0.2, 0.25) is 11.7 Å². The monoisotopic (exact) mass is 406 g/mol. The smallest absolute Gasteiger partial charge is 0.247 e. The molecule has 0 aliphatic carbocycles. The summed E-state index contributed by atoms with van der Waals surface area (Å²) in [6.07, 6.45) is 4.22. The molecule has 0 spiro atoms. The van der Waals surface area contributed by atoms with E-state index in [1.807, 2.05) is 23.1 Å². The van der Waals surface area contributed by atoms with Crippen molar-refractivity contribution in [2.45, 2.75) is 19.4 Å². The zero-order valence-electron chi connectivity index (χ0n) is 17.7. The molecule has 30 heavy (non-hydrogen) atoms. The molecule has 0 radical (unpaired) electrons. The third-order valence-electron chi connectivity index (χ3n) is 5.72. The third-order valence-corrected chi connectivity index (χ3v) is 5.72. The number of aromatic amines is 1. The van der Waals surface area contributed by atoms with E-state index in [9.17, 15) is 4.79 Å². The van der Waals surface area contributed by atoms with Gasteiger partial charge in [-0.15, -0.1) is 0 Å². The summed E-state index contributed by atoms with van der Waals surface area (Å²) in [7, 11) is 4.71. The quantitative estimate of drug-likeness (QED) is 0.640. The fourth-order valence-electron chi connectivity index (χ4n) is 4.19. The average Bonchev–Trinajstić information content (AvgIpc) is 3.16. The first kappa shape index (κ1) is 19.9. The number of fused-ring (bicyclic) bond motifs is 3. The Morgan fingerprint density at radius 3 is 2.47 bits per heavy atom. The number of hydrogen-bond acceptors (Lipinski definition) is 4. The van der Waals surface area contributed by atoms with Gasteiger partial charge in [-0.2, -0.15) is 0 Å². The lowest BCUT2D eigenvalue weighted by Gasteiger charge is -2.32. The first-order chi connectivity index (χ1) is 14.6. The van der Waals surface area contributed by atoms with Gasteiger partial charge in [0, 0.05) is 29.2 Å². The largest absolute Gasteiger partial charge is 0.493 e. The summed E-state index contributed by atoms with van der Waals surface area (Å²) in [5, 5.41) is 1.25. The fourth-order valence-corrected chi connectivity index (χ4v) is 4.19. The zero-order valence-corrected chi connectivity index (χ0v) is 17.7. The lowest BCUT2D eigenvalue weighted by molar-refractivity contribution is -0.128. The van der Waals surface area contributed by atoms with Gasteiger partial charge in [-0.05, 0) is 48.7 Å². The molecule has 6 heteroatoms. The summed E-state index contributed by atoms with van der Waals surface area (Å²) in [5.74, 6) is 1.61. The molecular formula is C24H26N2O4. The van der Waals surface area contributed by atoms with E-state index < -0.39 is 0 Å². The molecule has 1 N–H and O–H groups in total. The molecule has 0 bridgehead atoms. The molecular weight excluding hydrogens is 380 g/mol. The van der Waals surface area contributed by atoms with Gasteiger partial charge in [0.15, 0.2) is 11.5 Å². The molecule has 0 saturated heterocycles. The highest BCUT2D eigenvalue weighted by molar-refractivity contribution is 5.93. The number of rotatable bonds is 5. The van der Waals surface area contributed by atoms with Crippen LogP contribution in [0.3, 0.4) is 0 Å². The molecule has 1 aliphatic heterocycles. The van der Waals surface area contributed by atoms with Gasteiger partial charge in [-0.1, -0.05) is 18.2 Å². The maximum Gasteiger partial charge on any atom is 0.247 e. The number of amides is 1. The van der Waals surface area contributed by atoms with Gasteiger partial charge >= 0.3 is 0 Å². The molecule has 1 atom stereocenters. The van der Waals surface area contributed by atoms with Crippen LogP contribution in [0, 0.1) is 0 Å². The standard InChI is InChI=1S/C24H26N2O4/c1-15-23-18(17-7-5-6-8-19(17)25-23)11-12-26(15)22(27)10-9-16-13-20(28-2)24(30-4)21(14-16)29-3/h5-10,13-15,25H,11-12H2,1-4H3/b10-9+. The molecule has 2 aromatic carbocycles. The van der Waals surface area contributed by atoms with Crippen LogP contribution in [0.15, 0.2) is 42.5 Å². The van der Waals surface area contributed by atoms with Crippen LogP contribution in [0.25, 0.3) is 17.0 Å². The Balaban J connectivity index is 1.58. The minimum absolute atomic E-state index is 0.0155. The maximum atomic E-state index is 13.0. The molecule has 1 amide bonds. The van der Waals surface area contributed by atoms with Gasteiger partial charge in [-0.3, -0.25) is 4.79 Å². The lowest BCUT2D eigenvalue weighted by Crippen LogP contribution is -2.37. The SMILES string of the molecule is COc1cc(/C=C/C(=O)N2CCc3c([nH]c4ccccc34)C2C)cc(OC)c1OC. The minimum Gasteiger partial charge on any atom is -0.493 e. The highest BCUT2D eigenvalue weighted by atomic mass is 16.5. The van der Waals surface area contributed by atoms with E-state index in [4.69, 9.17) is 14.2 Å². The maximum absolute atomic E-state index is 13.0. The van der Waals surface area contributed by atoms with Crippen LogP contribution in [-0.4, -0.2) is 43.7 Å². The van der Waals surface area contributed by atoms with Crippen LogP contribution in [-0.2, 0) is 11.2 Å². The third kappa shape index (κ3) is 3.38. The Kier molecular flexibility index (Phi) is 5.40. The summed E-state index contributed by atoms with van der Waals surface area (Å²) in [4.78, 5) is 18.4. The van der Waals surface area contributed by atoms with Crippen molar-refractivity contribution >= 4 is 22.9 Å². The average molecular weight is 406 g/mol. The number of carbonyl (C=O) groups is 1. The number of aromatic nitrogens is 1. The van der Waals surface area contributed by atoms with E-state index in [-0.39, 0.29) is 11.9 Å². The van der Waals surface area contributed by atoms with E-state index >= 15 is 0 Å². The van der Waals surface area contributed by atoms with E-state index in [1.54, 1.807) is 33.5 Å². The van der Waals surface area contributed by atoms with E-state index in [0.717, 1.165) is 23.2 Å². The van der Waals surface area contributed by atoms with Crippen molar-refractivity contribution in [1.29, 1.82) is 0 Å². The highest BCUT2D eigenvalue weighted by Gasteiger charge is 2.29. The second kappa shape index (κ2) is 8.14. The zero-order chi connectivity index (χ0) is 21.3. The summed E-state index contributed by atoms with van der Waals surface area (Å²) in [6, 6.07) is 11.9. The molecule has 3 aromatic rings. The molecule has 0 fully saturated rings. The summed E-state index contributed by atoms with van der Waals surface area (Å²) >= 11 is 0. The molecule has 1 aliphatic rings. The van der Waals surface area contributed by atoms with E-state index in [2.05, 4.69) is 30.1 Å². The number of nitrogens with zero attached hydrogens (tertiary/aromatic N) is 1. The molecule has 156 valence electrons. The lowest BCUT2D eigenvalue weighted by atomic mass is 9.98. The molecule has 6 nitrogen and oxygen atoms in total. The number of carbonyl (C=O) groups excluding carboxylic acids is 1. The number of nitrogens with one attached hydrogen (secondary N) is 1. The summed E-state index contributed by atoms with van der Waals surface area (Å²) in [5.41, 5.74) is 4.36. The van der Waals surface area contributed by atoms with Crippen LogP contribution in [0.5, 0.6) is 17.2 Å². The van der Waals surface area contributed by atoms with Gasteiger partial charge in [0.25, 0.3) is 0 Å². The number of methoxy groups -OCH3 is 3. The Bertz CT molecular complexity index is 1090. The molecule has 4 rings (SSSR count). The van der Waals surface area contributed by atoms with Gasteiger partial charge in [-0.25, -0.2) is 0 Å². The predicted molar refractivity (Wildman–Crippen MR) is 117 cm³/mol. The second-order valence-corrected chi connectivity index (χ2v) is 7.31. The first-order valence-corrected chi connectivity index (χ1v) is 9.95. The van der Waals surface area contributed by atoms with E-state index in [1.165, 1.54) is 10.9 Å². The molecule has 1 unspecified atom stereocenters. The summed E-state index contributed by atoms with van der Waals surface area (Å²) in [6.45, 7) is 2.76. The topological polar surface area (TPSA) is 63.8 Å². The summed E-state index contributed by atoms with van der Waals surface area (Å²) < 4.78 is 16.1. The van der Waals surface area contributed by atoms with Crippen molar-refractivity contribution in [1.82, 2.24) is 9.88 Å². The number of hydrogen-bond donors (Lipinski definition) is 1. The Morgan fingerprint density at radius 1 is 1.10 bits per heavy atom. The number of para-hydroxylation sites is 1. The van der Waals surface area contributed by atoms with Crippen molar-refractivity contribution < 1.29 is 19.0 Å². The van der Waals surface area contributed by atoms with Crippen LogP contribution in [0.4, 0.5) is 0 Å². The second-order valence-electron chi connectivity index (χ2n) is 7.31. The molecule has 1 aromatic heterocycles. The van der Waals surface area contributed by atoms with Crippen molar-refractivity contribution in [3.8, 4) is 17.2 Å². The van der Waals surface area contributed by atoms with Crippen molar-refractivity contribution in [2.75, 3.05) is 27.9 Å². The molecule has 0 saturated carbocycles. The predicted octanol–water partition coefficient (Wildman–Crippen LogP) is 4.35. The van der Waals surface area contributed by atoms with Crippen LogP contribution >= 0.6 is 0 Å². The highest BCUT2D eigenvalue weighted by Crippen LogP contribution is 2.39. The normalized spacial score (nSPS) is 16.0.